The summed E-state index contributed by atoms with van der Waals surface area (Å²) in [5.74, 6) is 1.52. The highest BCUT2D eigenvalue weighted by Gasteiger charge is 2.23. The molecule has 1 aromatic rings. The fourth-order valence-corrected chi connectivity index (χ4v) is 2.63. The minimum absolute atomic E-state index is 0.158. The van der Waals surface area contributed by atoms with E-state index in [2.05, 4.69) is 42.8 Å². The van der Waals surface area contributed by atoms with Gasteiger partial charge >= 0.3 is 0 Å². The number of nitrogens with zero attached hydrogens (tertiary/aromatic N) is 2. The lowest BCUT2D eigenvalue weighted by molar-refractivity contribution is 0.110. The molecule has 0 aromatic carbocycles. The molecular formula is C16H26N2O. The zero-order chi connectivity index (χ0) is 14.0. The first kappa shape index (κ1) is 14.3. The van der Waals surface area contributed by atoms with Crippen LogP contribution >= 0.6 is 0 Å². The largest absolute Gasteiger partial charge is 0.393 e. The molecule has 0 bridgehead atoms. The zero-order valence-corrected chi connectivity index (χ0v) is 12.6. The summed E-state index contributed by atoms with van der Waals surface area (Å²) in [5, 5.41) is 9.63. The molecule has 1 aliphatic rings. The Morgan fingerprint density at radius 3 is 2.32 bits per heavy atom. The molecule has 0 radical (unpaired) electrons. The molecule has 1 N–H and O–H groups in total. The van der Waals surface area contributed by atoms with Gasteiger partial charge in [-0.15, -0.1) is 0 Å². The van der Waals surface area contributed by atoms with Crippen molar-refractivity contribution in [3.8, 4) is 0 Å². The van der Waals surface area contributed by atoms with Crippen LogP contribution in [0.5, 0.6) is 0 Å². The SMILES string of the molecule is CC(O)C1CCN(c2ccc(C(C)(C)C)cn2)CC1. The molecule has 3 heteroatoms. The molecule has 3 nitrogen and oxygen atoms in total. The molecule has 1 unspecified atom stereocenters. The Balaban J connectivity index is 2.00. The van der Waals surface area contributed by atoms with Crippen molar-refractivity contribution in [1.29, 1.82) is 0 Å². The summed E-state index contributed by atoms with van der Waals surface area (Å²) in [6.45, 7) is 10.5. The second-order valence-corrected chi connectivity index (χ2v) is 6.72. The number of aliphatic hydroxyl groups is 1. The van der Waals surface area contributed by atoms with Gasteiger partial charge in [0.15, 0.2) is 0 Å². The predicted molar refractivity (Wildman–Crippen MR) is 79.6 cm³/mol. The van der Waals surface area contributed by atoms with Gasteiger partial charge in [-0.2, -0.15) is 0 Å². The molecule has 1 saturated heterocycles. The Morgan fingerprint density at radius 2 is 1.89 bits per heavy atom. The quantitative estimate of drug-likeness (QED) is 0.890. The molecule has 1 aromatic heterocycles. The van der Waals surface area contributed by atoms with E-state index >= 15 is 0 Å². The predicted octanol–water partition coefficient (Wildman–Crippen LogP) is 2.98. The van der Waals surface area contributed by atoms with Crippen LogP contribution in [-0.2, 0) is 5.41 Å². The second-order valence-electron chi connectivity index (χ2n) is 6.72. The summed E-state index contributed by atoms with van der Waals surface area (Å²) in [6.07, 6.45) is 3.93. The summed E-state index contributed by atoms with van der Waals surface area (Å²) in [7, 11) is 0. The number of pyridine rings is 1. The smallest absolute Gasteiger partial charge is 0.128 e. The Bertz CT molecular complexity index is 398. The van der Waals surface area contributed by atoms with Crippen LogP contribution in [0.4, 0.5) is 5.82 Å². The normalized spacial score (nSPS) is 19.5. The highest BCUT2D eigenvalue weighted by Crippen LogP contribution is 2.26. The van der Waals surface area contributed by atoms with Crippen LogP contribution in [0, 0.1) is 5.92 Å². The first-order chi connectivity index (χ1) is 8.88. The first-order valence-corrected chi connectivity index (χ1v) is 7.27. The molecule has 106 valence electrons. The Kier molecular flexibility index (Phi) is 4.14. The van der Waals surface area contributed by atoms with E-state index in [1.807, 2.05) is 13.1 Å². The molecule has 1 fully saturated rings. The molecule has 0 saturated carbocycles. The van der Waals surface area contributed by atoms with Crippen molar-refractivity contribution < 1.29 is 5.11 Å². The Hall–Kier alpha value is -1.09. The molecular weight excluding hydrogens is 236 g/mol. The number of piperidine rings is 1. The fraction of sp³-hybridized carbons (Fsp3) is 0.688. The van der Waals surface area contributed by atoms with Gasteiger partial charge in [-0.1, -0.05) is 26.8 Å². The second kappa shape index (κ2) is 5.49. The molecule has 2 rings (SSSR count). The third-order valence-electron chi connectivity index (χ3n) is 4.16. The maximum absolute atomic E-state index is 9.63. The van der Waals surface area contributed by atoms with E-state index < -0.39 is 0 Å². The van der Waals surface area contributed by atoms with Crippen molar-refractivity contribution in [3.63, 3.8) is 0 Å². The zero-order valence-electron chi connectivity index (χ0n) is 12.6. The molecule has 2 heterocycles. The fourth-order valence-electron chi connectivity index (χ4n) is 2.63. The van der Waals surface area contributed by atoms with Gasteiger partial charge in [-0.05, 0) is 42.7 Å². The summed E-state index contributed by atoms with van der Waals surface area (Å²) in [4.78, 5) is 6.93. The Morgan fingerprint density at radius 1 is 1.26 bits per heavy atom. The average molecular weight is 262 g/mol. The highest BCUT2D eigenvalue weighted by atomic mass is 16.3. The van der Waals surface area contributed by atoms with Crippen LogP contribution in [-0.4, -0.2) is 29.3 Å². The van der Waals surface area contributed by atoms with Gasteiger partial charge in [0.25, 0.3) is 0 Å². The molecule has 0 spiro atoms. The molecule has 0 aliphatic carbocycles. The standard InChI is InChI=1S/C16H26N2O/c1-12(19)13-7-9-18(10-8-13)15-6-5-14(11-17-15)16(2,3)4/h5-6,11-13,19H,7-10H2,1-4H3. The van der Waals surface area contributed by atoms with Gasteiger partial charge in [0.1, 0.15) is 5.82 Å². The van der Waals surface area contributed by atoms with E-state index in [-0.39, 0.29) is 11.5 Å². The lowest BCUT2D eigenvalue weighted by Gasteiger charge is -2.34. The minimum Gasteiger partial charge on any atom is -0.393 e. The van der Waals surface area contributed by atoms with Gasteiger partial charge in [0, 0.05) is 19.3 Å². The van der Waals surface area contributed by atoms with Gasteiger partial charge < -0.3 is 10.0 Å². The topological polar surface area (TPSA) is 36.4 Å². The van der Waals surface area contributed by atoms with Crippen LogP contribution < -0.4 is 4.90 Å². The molecule has 1 aliphatic heterocycles. The maximum Gasteiger partial charge on any atom is 0.128 e. The van der Waals surface area contributed by atoms with Gasteiger partial charge in [-0.25, -0.2) is 4.98 Å². The molecule has 19 heavy (non-hydrogen) atoms. The first-order valence-electron chi connectivity index (χ1n) is 7.27. The number of anilines is 1. The maximum atomic E-state index is 9.63. The number of aromatic nitrogens is 1. The number of rotatable bonds is 2. The van der Waals surface area contributed by atoms with Crippen molar-refractivity contribution in [3.05, 3.63) is 23.9 Å². The van der Waals surface area contributed by atoms with E-state index in [0.717, 1.165) is 31.7 Å². The van der Waals surface area contributed by atoms with Crippen LogP contribution in [0.15, 0.2) is 18.3 Å². The van der Waals surface area contributed by atoms with Gasteiger partial charge in [0.05, 0.1) is 6.10 Å². The Labute approximate surface area is 116 Å². The lowest BCUT2D eigenvalue weighted by Crippen LogP contribution is -2.37. The van der Waals surface area contributed by atoms with E-state index in [1.165, 1.54) is 5.56 Å². The highest BCUT2D eigenvalue weighted by molar-refractivity contribution is 5.40. The summed E-state index contributed by atoms with van der Waals surface area (Å²) in [5.41, 5.74) is 1.43. The van der Waals surface area contributed by atoms with E-state index in [4.69, 9.17) is 0 Å². The summed E-state index contributed by atoms with van der Waals surface area (Å²) >= 11 is 0. The summed E-state index contributed by atoms with van der Waals surface area (Å²) < 4.78 is 0. The van der Waals surface area contributed by atoms with Crippen LogP contribution in [0.2, 0.25) is 0 Å². The van der Waals surface area contributed by atoms with E-state index in [9.17, 15) is 5.11 Å². The van der Waals surface area contributed by atoms with Crippen molar-refractivity contribution in [2.75, 3.05) is 18.0 Å². The van der Waals surface area contributed by atoms with Crippen LogP contribution in [0.3, 0.4) is 0 Å². The monoisotopic (exact) mass is 262 g/mol. The van der Waals surface area contributed by atoms with Crippen molar-refractivity contribution in [1.82, 2.24) is 4.98 Å². The van der Waals surface area contributed by atoms with E-state index in [0.29, 0.717) is 5.92 Å². The molecule has 1 atom stereocenters. The molecule has 0 amide bonds. The average Bonchev–Trinajstić information content (AvgIpc) is 2.38. The van der Waals surface area contributed by atoms with Gasteiger partial charge in [-0.3, -0.25) is 0 Å². The number of hydrogen-bond donors (Lipinski definition) is 1. The van der Waals surface area contributed by atoms with Gasteiger partial charge in [0.2, 0.25) is 0 Å². The van der Waals surface area contributed by atoms with Crippen LogP contribution in [0.25, 0.3) is 0 Å². The number of hydrogen-bond acceptors (Lipinski definition) is 3. The minimum atomic E-state index is -0.182. The van der Waals surface area contributed by atoms with E-state index in [1.54, 1.807) is 0 Å². The number of aliphatic hydroxyl groups excluding tert-OH is 1. The summed E-state index contributed by atoms with van der Waals surface area (Å²) in [6, 6.07) is 4.31. The third-order valence-corrected chi connectivity index (χ3v) is 4.16. The van der Waals surface area contributed by atoms with Crippen molar-refractivity contribution >= 4 is 5.82 Å². The lowest BCUT2D eigenvalue weighted by atomic mass is 9.88. The van der Waals surface area contributed by atoms with Crippen molar-refractivity contribution in [2.24, 2.45) is 5.92 Å². The van der Waals surface area contributed by atoms with Crippen molar-refractivity contribution in [2.45, 2.75) is 52.1 Å². The van der Waals surface area contributed by atoms with Crippen LogP contribution in [0.1, 0.15) is 46.1 Å². The third kappa shape index (κ3) is 3.47.